The van der Waals surface area contributed by atoms with Gasteiger partial charge in [-0.2, -0.15) is 9.67 Å². The maximum absolute atomic E-state index is 13.1. The molecule has 7 nitrogen and oxygen atoms in total. The van der Waals surface area contributed by atoms with Crippen LogP contribution in [0, 0.1) is 0 Å². The van der Waals surface area contributed by atoms with Crippen molar-refractivity contribution in [2.45, 2.75) is 13.1 Å². The van der Waals surface area contributed by atoms with Gasteiger partial charge in [0.1, 0.15) is 5.75 Å². The highest BCUT2D eigenvalue weighted by Crippen LogP contribution is 2.19. The van der Waals surface area contributed by atoms with Crippen LogP contribution in [0.25, 0.3) is 0 Å². The van der Waals surface area contributed by atoms with E-state index in [1.54, 1.807) is 54.0 Å². The van der Waals surface area contributed by atoms with Crippen molar-refractivity contribution < 1.29 is 9.53 Å². The van der Waals surface area contributed by atoms with Crippen LogP contribution in [0.2, 0.25) is 0 Å². The molecule has 9 heteroatoms. The largest absolute Gasteiger partial charge is 0.497 e. The number of carbonyl (C=O) groups is 1. The van der Waals surface area contributed by atoms with Crippen LogP contribution in [0.3, 0.4) is 0 Å². The Balaban J connectivity index is 1.58. The molecule has 2 N–H and O–H groups in total. The number of hydrogen-bond acceptors (Lipinski definition) is 8. The van der Waals surface area contributed by atoms with Crippen LogP contribution in [-0.2, 0) is 13.1 Å². The molecule has 0 fully saturated rings. The van der Waals surface area contributed by atoms with Crippen molar-refractivity contribution in [3.8, 4) is 5.75 Å². The van der Waals surface area contributed by atoms with Gasteiger partial charge >= 0.3 is 0 Å². The van der Waals surface area contributed by atoms with Crippen LogP contribution in [0.1, 0.15) is 20.1 Å². The van der Waals surface area contributed by atoms with Crippen LogP contribution < -0.4 is 15.4 Å². The van der Waals surface area contributed by atoms with E-state index in [4.69, 9.17) is 4.74 Å². The first-order chi connectivity index (χ1) is 14.2. The van der Waals surface area contributed by atoms with Gasteiger partial charge in [-0.1, -0.05) is 18.2 Å². The predicted molar refractivity (Wildman–Crippen MR) is 116 cm³/mol. The molecule has 0 bridgehead atoms. The molecule has 29 heavy (non-hydrogen) atoms. The van der Waals surface area contributed by atoms with Crippen LogP contribution >= 0.6 is 22.7 Å². The molecule has 0 unspecified atom stereocenters. The second-order valence-corrected chi connectivity index (χ2v) is 8.14. The third-order valence-corrected chi connectivity index (χ3v) is 5.87. The van der Waals surface area contributed by atoms with Gasteiger partial charge in [0, 0.05) is 15.3 Å². The van der Waals surface area contributed by atoms with Crippen molar-refractivity contribution in [1.82, 2.24) is 14.8 Å². The van der Waals surface area contributed by atoms with Gasteiger partial charge in [-0.3, -0.25) is 4.79 Å². The van der Waals surface area contributed by atoms with E-state index < -0.39 is 0 Å². The molecule has 3 heterocycles. The molecule has 0 amide bonds. The van der Waals surface area contributed by atoms with Crippen molar-refractivity contribution >= 4 is 40.5 Å². The fourth-order valence-electron chi connectivity index (χ4n) is 2.68. The molecule has 1 aromatic carbocycles. The standard InChI is InChI=1S/C20H19N5O2S2/c1-27-15-6-2-5-14(11-15)18(26)25-20(22-13-17-8-4-10-29-17)23-19(24-25)21-12-16-7-3-9-28-16/h2-11H,12-13H2,1H3,(H2,21,22,23,24). The van der Waals surface area contributed by atoms with Crippen LogP contribution in [-0.4, -0.2) is 27.8 Å². The Kier molecular flexibility index (Phi) is 5.87. The molecular weight excluding hydrogens is 406 g/mol. The van der Waals surface area contributed by atoms with Crippen LogP contribution in [0.15, 0.2) is 59.3 Å². The van der Waals surface area contributed by atoms with Gasteiger partial charge in [0.25, 0.3) is 5.91 Å². The molecule has 0 aliphatic carbocycles. The predicted octanol–water partition coefficient (Wildman–Crippen LogP) is 4.32. The maximum atomic E-state index is 13.1. The van der Waals surface area contributed by atoms with E-state index in [1.165, 1.54) is 4.68 Å². The minimum atomic E-state index is -0.283. The highest BCUT2D eigenvalue weighted by molar-refractivity contribution is 7.10. The molecule has 4 aromatic rings. The molecule has 3 aromatic heterocycles. The molecule has 0 atom stereocenters. The number of thiophene rings is 2. The summed E-state index contributed by atoms with van der Waals surface area (Å²) < 4.78 is 6.52. The Hall–Kier alpha value is -3.17. The van der Waals surface area contributed by atoms with Crippen molar-refractivity contribution in [2.75, 3.05) is 17.7 Å². The Labute approximate surface area is 176 Å². The molecule has 0 aliphatic rings. The lowest BCUT2D eigenvalue weighted by Crippen LogP contribution is -2.17. The van der Waals surface area contributed by atoms with Gasteiger partial charge < -0.3 is 15.4 Å². The van der Waals surface area contributed by atoms with Crippen molar-refractivity contribution in [2.24, 2.45) is 0 Å². The van der Waals surface area contributed by atoms with Gasteiger partial charge in [0.2, 0.25) is 11.9 Å². The summed E-state index contributed by atoms with van der Waals surface area (Å²) >= 11 is 3.29. The summed E-state index contributed by atoms with van der Waals surface area (Å²) in [7, 11) is 1.57. The van der Waals surface area contributed by atoms with Crippen molar-refractivity contribution in [1.29, 1.82) is 0 Å². The zero-order valence-electron chi connectivity index (χ0n) is 15.7. The smallest absolute Gasteiger partial charge is 0.281 e. The van der Waals surface area contributed by atoms with E-state index in [-0.39, 0.29) is 5.91 Å². The summed E-state index contributed by atoms with van der Waals surface area (Å²) in [6.45, 7) is 1.16. The summed E-state index contributed by atoms with van der Waals surface area (Å²) in [5, 5.41) is 14.8. The molecule has 4 rings (SSSR count). The molecular formula is C20H19N5O2S2. The number of benzene rings is 1. The third-order valence-electron chi connectivity index (χ3n) is 4.12. The Morgan fingerprint density at radius 1 is 1.03 bits per heavy atom. The van der Waals surface area contributed by atoms with E-state index in [9.17, 15) is 4.79 Å². The van der Waals surface area contributed by atoms with Crippen LogP contribution in [0.4, 0.5) is 11.9 Å². The zero-order chi connectivity index (χ0) is 20.1. The summed E-state index contributed by atoms with van der Waals surface area (Å²) in [4.78, 5) is 19.9. The SMILES string of the molecule is COc1cccc(C(=O)n2nc(NCc3cccs3)nc2NCc2cccs2)c1. The molecule has 148 valence electrons. The zero-order valence-corrected chi connectivity index (χ0v) is 17.3. The van der Waals surface area contributed by atoms with Crippen molar-refractivity contribution in [3.05, 3.63) is 74.6 Å². The van der Waals surface area contributed by atoms with Gasteiger partial charge in [0.15, 0.2) is 0 Å². The number of hydrogen-bond donors (Lipinski definition) is 2. The average Bonchev–Trinajstić information content (AvgIpc) is 3.52. The number of anilines is 2. The first kappa shape index (κ1) is 19.2. The minimum Gasteiger partial charge on any atom is -0.497 e. The highest BCUT2D eigenvalue weighted by atomic mass is 32.1. The summed E-state index contributed by atoms with van der Waals surface area (Å²) in [6, 6.07) is 15.0. The van der Waals surface area contributed by atoms with Gasteiger partial charge in [-0.25, -0.2) is 0 Å². The van der Waals surface area contributed by atoms with Gasteiger partial charge in [-0.15, -0.1) is 27.8 Å². The molecule has 0 saturated heterocycles. The molecule has 0 saturated carbocycles. The maximum Gasteiger partial charge on any atom is 0.281 e. The highest BCUT2D eigenvalue weighted by Gasteiger charge is 2.18. The van der Waals surface area contributed by atoms with E-state index in [0.29, 0.717) is 36.3 Å². The Morgan fingerprint density at radius 2 is 1.76 bits per heavy atom. The second kappa shape index (κ2) is 8.89. The van der Waals surface area contributed by atoms with Gasteiger partial charge in [0.05, 0.1) is 20.2 Å². The summed E-state index contributed by atoms with van der Waals surface area (Å²) in [5.74, 6) is 1.11. The van der Waals surface area contributed by atoms with Gasteiger partial charge in [-0.05, 0) is 41.1 Å². The quantitative estimate of drug-likeness (QED) is 0.438. The number of rotatable bonds is 8. The second-order valence-electron chi connectivity index (χ2n) is 6.07. The van der Waals surface area contributed by atoms with Crippen molar-refractivity contribution in [3.63, 3.8) is 0 Å². The fraction of sp³-hybridized carbons (Fsp3) is 0.150. The Morgan fingerprint density at radius 3 is 2.41 bits per heavy atom. The number of nitrogens with one attached hydrogen (secondary N) is 2. The lowest BCUT2D eigenvalue weighted by Gasteiger charge is -2.07. The first-order valence-electron chi connectivity index (χ1n) is 8.91. The number of aromatic nitrogens is 3. The lowest BCUT2D eigenvalue weighted by atomic mass is 10.2. The minimum absolute atomic E-state index is 0.283. The topological polar surface area (TPSA) is 81.1 Å². The Bertz CT molecular complexity index is 1070. The summed E-state index contributed by atoms with van der Waals surface area (Å²) in [6.07, 6.45) is 0. The van der Waals surface area contributed by atoms with E-state index in [2.05, 4.69) is 20.7 Å². The molecule has 0 spiro atoms. The molecule has 0 radical (unpaired) electrons. The first-order valence-corrected chi connectivity index (χ1v) is 10.7. The molecule has 0 aliphatic heterocycles. The number of methoxy groups -OCH3 is 1. The van der Waals surface area contributed by atoms with E-state index in [0.717, 1.165) is 9.75 Å². The normalized spacial score (nSPS) is 10.7. The summed E-state index contributed by atoms with van der Waals surface area (Å²) in [5.41, 5.74) is 0.471. The third kappa shape index (κ3) is 4.64. The van der Waals surface area contributed by atoms with Crippen LogP contribution in [0.5, 0.6) is 5.75 Å². The monoisotopic (exact) mass is 425 g/mol. The van der Waals surface area contributed by atoms with E-state index >= 15 is 0 Å². The average molecular weight is 426 g/mol. The lowest BCUT2D eigenvalue weighted by molar-refractivity contribution is 0.0947. The fourth-order valence-corrected chi connectivity index (χ4v) is 3.97. The number of carbonyl (C=O) groups excluding carboxylic acids is 1. The van der Waals surface area contributed by atoms with E-state index in [1.807, 2.05) is 35.0 Å². The number of ether oxygens (including phenoxy) is 1. The number of nitrogens with zero attached hydrogens (tertiary/aromatic N) is 3.